The van der Waals surface area contributed by atoms with E-state index in [4.69, 9.17) is 0 Å². The van der Waals surface area contributed by atoms with Gasteiger partial charge in [0.05, 0.1) is 6.54 Å². The normalized spacial score (nSPS) is 12.0. The van der Waals surface area contributed by atoms with E-state index < -0.39 is 10.0 Å². The summed E-state index contributed by atoms with van der Waals surface area (Å²) >= 11 is 1.22. The average Bonchev–Trinajstić information content (AvgIpc) is 3.06. The van der Waals surface area contributed by atoms with Gasteiger partial charge in [0.25, 0.3) is 10.0 Å². The van der Waals surface area contributed by atoms with Crippen molar-refractivity contribution in [3.8, 4) is 0 Å². The van der Waals surface area contributed by atoms with Crippen molar-refractivity contribution in [2.45, 2.75) is 17.3 Å². The van der Waals surface area contributed by atoms with Gasteiger partial charge in [0.2, 0.25) is 0 Å². The standard InChI is InChI=1S/C16H21FN4O2S2.HI/c1-18-16(19-10-12-4-6-13(17)7-5-12)20-11-14-8-9-15(24-14)25(22,23)21(2)3;/h4-9H,10-11H2,1-3H3,(H2,18,19,20);1H. The lowest BCUT2D eigenvalue weighted by atomic mass is 10.2. The fourth-order valence-corrected chi connectivity index (χ4v) is 4.42. The Bertz CT molecular complexity index is 836. The maximum Gasteiger partial charge on any atom is 0.252 e. The molecule has 2 aromatic rings. The van der Waals surface area contributed by atoms with Crippen LogP contribution in [0.4, 0.5) is 4.39 Å². The number of nitrogens with zero attached hydrogens (tertiary/aromatic N) is 2. The summed E-state index contributed by atoms with van der Waals surface area (Å²) < 4.78 is 38.5. The second kappa shape index (κ2) is 10.2. The minimum absolute atomic E-state index is 0. The van der Waals surface area contributed by atoms with Gasteiger partial charge in [0.1, 0.15) is 10.0 Å². The molecular weight excluding hydrogens is 490 g/mol. The van der Waals surface area contributed by atoms with Gasteiger partial charge in [-0.15, -0.1) is 35.3 Å². The van der Waals surface area contributed by atoms with E-state index in [1.165, 1.54) is 41.9 Å². The summed E-state index contributed by atoms with van der Waals surface area (Å²) in [4.78, 5) is 5.00. The predicted octanol–water partition coefficient (Wildman–Crippen LogP) is 2.62. The fourth-order valence-electron chi connectivity index (χ4n) is 1.95. The van der Waals surface area contributed by atoms with Crippen molar-refractivity contribution in [2.24, 2.45) is 4.99 Å². The highest BCUT2D eigenvalue weighted by Crippen LogP contribution is 2.23. The number of hydrogen-bond acceptors (Lipinski definition) is 4. The SMILES string of the molecule is CN=C(NCc1ccc(F)cc1)NCc1ccc(S(=O)(=O)N(C)C)s1.I. The quantitative estimate of drug-likeness (QED) is 0.355. The first-order chi connectivity index (χ1) is 11.8. The van der Waals surface area contributed by atoms with Gasteiger partial charge >= 0.3 is 0 Å². The van der Waals surface area contributed by atoms with Gasteiger partial charge in [-0.1, -0.05) is 12.1 Å². The first-order valence-electron chi connectivity index (χ1n) is 7.53. The number of sulfonamides is 1. The van der Waals surface area contributed by atoms with Crippen molar-refractivity contribution in [2.75, 3.05) is 21.1 Å². The number of guanidine groups is 1. The molecule has 1 heterocycles. The average molecular weight is 512 g/mol. The van der Waals surface area contributed by atoms with E-state index in [1.54, 1.807) is 31.3 Å². The van der Waals surface area contributed by atoms with Crippen LogP contribution < -0.4 is 10.6 Å². The number of thiophene rings is 1. The lowest BCUT2D eigenvalue weighted by molar-refractivity contribution is 0.523. The van der Waals surface area contributed by atoms with Crippen molar-refractivity contribution < 1.29 is 12.8 Å². The van der Waals surface area contributed by atoms with Gasteiger partial charge in [-0.25, -0.2) is 17.1 Å². The van der Waals surface area contributed by atoms with Gasteiger partial charge in [0.15, 0.2) is 5.96 Å². The molecule has 0 aliphatic carbocycles. The minimum atomic E-state index is -3.40. The van der Waals surface area contributed by atoms with Gasteiger partial charge in [-0.2, -0.15) is 0 Å². The van der Waals surface area contributed by atoms with Crippen molar-refractivity contribution >= 4 is 51.3 Å². The molecule has 6 nitrogen and oxygen atoms in total. The van der Waals surface area contributed by atoms with Crippen LogP contribution in [0.2, 0.25) is 0 Å². The Morgan fingerprint density at radius 2 is 1.73 bits per heavy atom. The summed E-state index contributed by atoms with van der Waals surface area (Å²) in [5, 5.41) is 6.25. The highest BCUT2D eigenvalue weighted by Gasteiger charge is 2.19. The van der Waals surface area contributed by atoms with Gasteiger partial charge in [-0.05, 0) is 29.8 Å². The molecular formula is C16H22FIN4O2S2. The summed E-state index contributed by atoms with van der Waals surface area (Å²) in [5.74, 6) is 0.308. The smallest absolute Gasteiger partial charge is 0.252 e. The van der Waals surface area contributed by atoms with E-state index >= 15 is 0 Å². The first kappa shape index (κ1) is 22.8. The lowest BCUT2D eigenvalue weighted by Crippen LogP contribution is -2.36. The Labute approximate surface area is 174 Å². The highest BCUT2D eigenvalue weighted by atomic mass is 127. The zero-order valence-corrected chi connectivity index (χ0v) is 18.7. The molecule has 0 aliphatic heterocycles. The molecule has 2 rings (SSSR count). The van der Waals surface area contributed by atoms with E-state index in [0.717, 1.165) is 10.4 Å². The molecule has 0 bridgehead atoms. The largest absolute Gasteiger partial charge is 0.352 e. The molecule has 0 amide bonds. The van der Waals surface area contributed by atoms with Gasteiger partial charge in [-0.3, -0.25) is 4.99 Å². The Balaban J connectivity index is 0.00000338. The molecule has 144 valence electrons. The molecule has 0 saturated carbocycles. The minimum Gasteiger partial charge on any atom is -0.352 e. The fraction of sp³-hybridized carbons (Fsp3) is 0.312. The van der Waals surface area contributed by atoms with Crippen molar-refractivity contribution in [3.63, 3.8) is 0 Å². The molecule has 1 aromatic heterocycles. The maximum absolute atomic E-state index is 12.9. The molecule has 0 fully saturated rings. The van der Waals surface area contributed by atoms with Crippen LogP contribution in [0.5, 0.6) is 0 Å². The van der Waals surface area contributed by atoms with Crippen molar-refractivity contribution in [1.82, 2.24) is 14.9 Å². The van der Waals surface area contributed by atoms with Gasteiger partial charge in [0, 0.05) is 32.6 Å². The highest BCUT2D eigenvalue weighted by molar-refractivity contribution is 14.0. The van der Waals surface area contributed by atoms with Gasteiger partial charge < -0.3 is 10.6 Å². The molecule has 0 unspecified atom stereocenters. The molecule has 0 spiro atoms. The Hall–Kier alpha value is -1.24. The molecule has 0 radical (unpaired) electrons. The summed E-state index contributed by atoms with van der Waals surface area (Å²) in [6.07, 6.45) is 0. The summed E-state index contributed by atoms with van der Waals surface area (Å²) in [5.41, 5.74) is 0.930. The Morgan fingerprint density at radius 3 is 2.31 bits per heavy atom. The van der Waals surface area contributed by atoms with Crippen LogP contribution in [-0.4, -0.2) is 39.8 Å². The summed E-state index contributed by atoms with van der Waals surface area (Å²) in [7, 11) is 1.26. The predicted molar refractivity (Wildman–Crippen MR) is 114 cm³/mol. The van der Waals surface area contributed by atoms with Crippen LogP contribution in [0.15, 0.2) is 45.6 Å². The number of aliphatic imine (C=N–C) groups is 1. The van der Waals surface area contributed by atoms with E-state index in [2.05, 4.69) is 15.6 Å². The van der Waals surface area contributed by atoms with Crippen LogP contribution in [0, 0.1) is 5.82 Å². The van der Waals surface area contributed by atoms with Crippen LogP contribution >= 0.6 is 35.3 Å². The number of hydrogen-bond donors (Lipinski definition) is 2. The third kappa shape index (κ3) is 6.18. The van der Waals surface area contributed by atoms with Crippen molar-refractivity contribution in [1.29, 1.82) is 0 Å². The number of benzene rings is 1. The molecule has 0 aliphatic rings. The molecule has 2 N–H and O–H groups in total. The number of nitrogens with one attached hydrogen (secondary N) is 2. The van der Waals surface area contributed by atoms with Crippen LogP contribution in [0.1, 0.15) is 10.4 Å². The zero-order chi connectivity index (χ0) is 18.4. The molecule has 1 aromatic carbocycles. The van der Waals surface area contributed by atoms with E-state index in [-0.39, 0.29) is 29.8 Å². The molecule has 0 saturated heterocycles. The monoisotopic (exact) mass is 512 g/mol. The third-order valence-electron chi connectivity index (χ3n) is 3.40. The molecule has 0 atom stereocenters. The van der Waals surface area contributed by atoms with Crippen molar-refractivity contribution in [3.05, 3.63) is 52.7 Å². The number of halogens is 2. The topological polar surface area (TPSA) is 73.8 Å². The lowest BCUT2D eigenvalue weighted by Gasteiger charge is -2.11. The Kier molecular flexibility index (Phi) is 8.93. The Morgan fingerprint density at radius 1 is 1.12 bits per heavy atom. The molecule has 10 heteroatoms. The van der Waals surface area contributed by atoms with E-state index in [1.807, 2.05) is 0 Å². The summed E-state index contributed by atoms with van der Waals surface area (Å²) in [6.45, 7) is 0.960. The first-order valence-corrected chi connectivity index (χ1v) is 9.79. The third-order valence-corrected chi connectivity index (χ3v) is 6.77. The maximum atomic E-state index is 12.9. The number of rotatable bonds is 6. The second-order valence-corrected chi connectivity index (χ2v) is 8.96. The second-order valence-electron chi connectivity index (χ2n) is 5.41. The van der Waals surface area contributed by atoms with Crippen LogP contribution in [0.25, 0.3) is 0 Å². The molecule has 26 heavy (non-hydrogen) atoms. The van der Waals surface area contributed by atoms with E-state index in [0.29, 0.717) is 23.3 Å². The van der Waals surface area contributed by atoms with Crippen LogP contribution in [-0.2, 0) is 23.1 Å². The summed E-state index contributed by atoms with van der Waals surface area (Å²) in [6, 6.07) is 9.60. The zero-order valence-electron chi connectivity index (χ0n) is 14.7. The van der Waals surface area contributed by atoms with Crippen LogP contribution in [0.3, 0.4) is 0 Å². The van der Waals surface area contributed by atoms with E-state index in [9.17, 15) is 12.8 Å².